The predicted octanol–water partition coefficient (Wildman–Crippen LogP) is 0.861. The summed E-state index contributed by atoms with van der Waals surface area (Å²) in [5.74, 6) is -0.0633. The Morgan fingerprint density at radius 3 is 3.21 bits per heavy atom. The van der Waals surface area contributed by atoms with Crippen LogP contribution in [0.15, 0.2) is 12.3 Å². The number of ether oxygens (including phenoxy) is 2. The van der Waals surface area contributed by atoms with Gasteiger partial charge in [0.1, 0.15) is 0 Å². The second-order valence-electron chi connectivity index (χ2n) is 3.36. The van der Waals surface area contributed by atoms with Crippen LogP contribution in [0.2, 0.25) is 0 Å². The normalized spacial score (nSPS) is 29.8. The SMILES string of the molecule is COC(=O)N1C=C[C@H]2CC(=O)O[C@@H]1C2. The van der Waals surface area contributed by atoms with Crippen molar-refractivity contribution in [3.8, 4) is 0 Å². The third-order valence-electron chi connectivity index (χ3n) is 2.42. The number of hydrogen-bond donors (Lipinski definition) is 0. The molecule has 0 N–H and O–H groups in total. The number of fused-ring (bicyclic) bond motifs is 2. The van der Waals surface area contributed by atoms with Crippen molar-refractivity contribution in [1.82, 2.24) is 4.90 Å². The molecule has 76 valence electrons. The molecular weight excluding hydrogens is 186 g/mol. The molecule has 5 heteroatoms. The van der Waals surface area contributed by atoms with Gasteiger partial charge in [-0.15, -0.1) is 0 Å². The highest BCUT2D eigenvalue weighted by Crippen LogP contribution is 2.29. The molecule has 0 spiro atoms. The minimum atomic E-state index is -0.501. The number of rotatable bonds is 0. The fourth-order valence-corrected chi connectivity index (χ4v) is 1.72. The van der Waals surface area contributed by atoms with Crippen LogP contribution in [0.5, 0.6) is 0 Å². The molecule has 0 aromatic carbocycles. The summed E-state index contributed by atoms with van der Waals surface area (Å²) in [5, 5.41) is 0. The highest BCUT2D eigenvalue weighted by atomic mass is 16.6. The Hall–Kier alpha value is -1.52. The number of nitrogens with zero attached hydrogens (tertiary/aromatic N) is 1. The fraction of sp³-hybridized carbons (Fsp3) is 0.556. The molecule has 2 rings (SSSR count). The molecule has 0 aromatic heterocycles. The lowest BCUT2D eigenvalue weighted by atomic mass is 9.95. The van der Waals surface area contributed by atoms with E-state index in [-0.39, 0.29) is 11.9 Å². The first-order valence-electron chi connectivity index (χ1n) is 4.45. The first-order chi connectivity index (χ1) is 6.70. The van der Waals surface area contributed by atoms with E-state index < -0.39 is 12.3 Å². The van der Waals surface area contributed by atoms with Crippen molar-refractivity contribution >= 4 is 12.1 Å². The van der Waals surface area contributed by atoms with Crippen molar-refractivity contribution in [1.29, 1.82) is 0 Å². The molecular formula is C9H11NO4. The van der Waals surface area contributed by atoms with E-state index in [4.69, 9.17) is 4.74 Å². The molecule has 0 unspecified atom stereocenters. The van der Waals surface area contributed by atoms with E-state index in [9.17, 15) is 9.59 Å². The van der Waals surface area contributed by atoms with Gasteiger partial charge in [-0.05, 0) is 5.92 Å². The summed E-state index contributed by atoms with van der Waals surface area (Å²) in [5.41, 5.74) is 0. The zero-order valence-electron chi connectivity index (χ0n) is 7.80. The highest BCUT2D eigenvalue weighted by Gasteiger charge is 2.36. The lowest BCUT2D eigenvalue weighted by Gasteiger charge is -2.36. The quantitative estimate of drug-likeness (QED) is 0.540. The van der Waals surface area contributed by atoms with Crippen molar-refractivity contribution in [2.24, 2.45) is 5.92 Å². The van der Waals surface area contributed by atoms with Gasteiger partial charge in [-0.25, -0.2) is 9.69 Å². The molecule has 0 aromatic rings. The molecule has 1 fully saturated rings. The molecule has 1 amide bonds. The van der Waals surface area contributed by atoms with Gasteiger partial charge >= 0.3 is 12.1 Å². The predicted molar refractivity (Wildman–Crippen MR) is 46.0 cm³/mol. The van der Waals surface area contributed by atoms with E-state index in [0.29, 0.717) is 12.8 Å². The lowest BCUT2D eigenvalue weighted by Crippen LogP contribution is -2.46. The minimum absolute atomic E-state index is 0.196. The van der Waals surface area contributed by atoms with E-state index in [1.165, 1.54) is 12.0 Å². The van der Waals surface area contributed by atoms with Crippen LogP contribution in [0.4, 0.5) is 4.79 Å². The summed E-state index contributed by atoms with van der Waals surface area (Å²) >= 11 is 0. The second-order valence-corrected chi connectivity index (χ2v) is 3.36. The van der Waals surface area contributed by atoms with Gasteiger partial charge in [-0.2, -0.15) is 0 Å². The van der Waals surface area contributed by atoms with Crippen LogP contribution in [0.1, 0.15) is 12.8 Å². The Kier molecular flexibility index (Phi) is 2.15. The van der Waals surface area contributed by atoms with Gasteiger partial charge in [-0.1, -0.05) is 6.08 Å². The molecule has 14 heavy (non-hydrogen) atoms. The van der Waals surface area contributed by atoms with Crippen molar-refractivity contribution in [3.63, 3.8) is 0 Å². The molecule has 0 radical (unpaired) electrons. The highest BCUT2D eigenvalue weighted by molar-refractivity contribution is 5.74. The monoisotopic (exact) mass is 197 g/mol. The Bertz CT molecular complexity index is 299. The van der Waals surface area contributed by atoms with E-state index in [1.807, 2.05) is 6.08 Å². The summed E-state index contributed by atoms with van der Waals surface area (Å²) in [7, 11) is 1.30. The average Bonchev–Trinajstić information content (AvgIpc) is 2.16. The molecule has 2 heterocycles. The van der Waals surface area contributed by atoms with Crippen LogP contribution in [0.25, 0.3) is 0 Å². The van der Waals surface area contributed by atoms with Gasteiger partial charge in [0, 0.05) is 12.6 Å². The summed E-state index contributed by atoms with van der Waals surface area (Å²) in [4.78, 5) is 23.6. The van der Waals surface area contributed by atoms with Crippen molar-refractivity contribution < 1.29 is 19.1 Å². The first kappa shape index (κ1) is 9.05. The van der Waals surface area contributed by atoms with E-state index in [1.54, 1.807) is 6.20 Å². The number of methoxy groups -OCH3 is 1. The van der Waals surface area contributed by atoms with Gasteiger partial charge in [0.05, 0.1) is 13.5 Å². The maximum absolute atomic E-state index is 11.2. The van der Waals surface area contributed by atoms with E-state index >= 15 is 0 Å². The van der Waals surface area contributed by atoms with Gasteiger partial charge in [0.25, 0.3) is 0 Å². The molecule has 2 aliphatic rings. The smallest absolute Gasteiger partial charge is 0.416 e. The maximum Gasteiger partial charge on any atom is 0.416 e. The fourth-order valence-electron chi connectivity index (χ4n) is 1.72. The van der Waals surface area contributed by atoms with E-state index in [2.05, 4.69) is 4.74 Å². The summed E-state index contributed by atoms with van der Waals surface area (Å²) in [6.07, 6.45) is 3.54. The Morgan fingerprint density at radius 1 is 1.71 bits per heavy atom. The van der Waals surface area contributed by atoms with Gasteiger partial charge in [0.15, 0.2) is 6.23 Å². The third-order valence-corrected chi connectivity index (χ3v) is 2.42. The number of carbonyl (C=O) groups excluding carboxylic acids is 2. The summed E-state index contributed by atoms with van der Waals surface area (Å²) < 4.78 is 9.59. The zero-order chi connectivity index (χ0) is 10.1. The van der Waals surface area contributed by atoms with Crippen LogP contribution >= 0.6 is 0 Å². The lowest BCUT2D eigenvalue weighted by molar-refractivity contribution is -0.165. The molecule has 2 atom stereocenters. The number of carbonyl (C=O) groups is 2. The van der Waals surface area contributed by atoms with Crippen LogP contribution < -0.4 is 0 Å². The van der Waals surface area contributed by atoms with Crippen LogP contribution in [0.3, 0.4) is 0 Å². The largest absolute Gasteiger partial charge is 0.452 e. The third kappa shape index (κ3) is 1.45. The number of esters is 1. The zero-order valence-corrected chi connectivity index (χ0v) is 7.80. The number of amides is 1. The molecule has 1 saturated heterocycles. The Morgan fingerprint density at radius 2 is 2.50 bits per heavy atom. The van der Waals surface area contributed by atoms with Crippen molar-refractivity contribution in [3.05, 3.63) is 12.3 Å². The van der Waals surface area contributed by atoms with E-state index in [0.717, 1.165) is 0 Å². The van der Waals surface area contributed by atoms with Crippen molar-refractivity contribution in [2.75, 3.05) is 7.11 Å². The molecule has 2 bridgehead atoms. The summed E-state index contributed by atoms with van der Waals surface area (Å²) in [6.45, 7) is 0. The summed E-state index contributed by atoms with van der Waals surface area (Å²) in [6, 6.07) is 0. The van der Waals surface area contributed by atoms with Gasteiger partial charge < -0.3 is 9.47 Å². The Labute approximate surface area is 81.3 Å². The number of hydrogen-bond acceptors (Lipinski definition) is 4. The van der Waals surface area contributed by atoms with Crippen LogP contribution in [0, 0.1) is 5.92 Å². The molecule has 2 aliphatic heterocycles. The molecule has 0 aliphatic carbocycles. The minimum Gasteiger partial charge on any atom is -0.452 e. The topological polar surface area (TPSA) is 55.8 Å². The Balaban J connectivity index is 2.17. The molecule has 5 nitrogen and oxygen atoms in total. The standard InChI is InChI=1S/C9H11NO4/c1-13-9(12)10-3-2-6-4-7(10)14-8(11)5-6/h2-3,6-7H,4-5H2,1H3/t6-,7-/m1/s1. The van der Waals surface area contributed by atoms with Crippen LogP contribution in [-0.2, 0) is 14.3 Å². The van der Waals surface area contributed by atoms with Crippen molar-refractivity contribution in [2.45, 2.75) is 19.1 Å². The maximum atomic E-state index is 11.2. The average molecular weight is 197 g/mol. The van der Waals surface area contributed by atoms with Gasteiger partial charge in [0.2, 0.25) is 0 Å². The second kappa shape index (κ2) is 3.32. The first-order valence-corrected chi connectivity index (χ1v) is 4.45. The van der Waals surface area contributed by atoms with Crippen LogP contribution in [-0.4, -0.2) is 30.3 Å². The number of allylic oxidation sites excluding steroid dienone is 1. The van der Waals surface area contributed by atoms with Gasteiger partial charge in [-0.3, -0.25) is 4.79 Å². The molecule has 0 saturated carbocycles.